The molecule has 106 valence electrons. The molecule has 5 heteroatoms. The SMILES string of the molecule is OC1CCN(CCC(O)c2cccc(F)c2F)CC1. The molecule has 0 aliphatic carbocycles. The number of aliphatic hydroxyl groups is 2. The highest BCUT2D eigenvalue weighted by molar-refractivity contribution is 5.21. The van der Waals surface area contributed by atoms with E-state index in [1.54, 1.807) is 0 Å². The molecule has 0 spiro atoms. The van der Waals surface area contributed by atoms with Crippen molar-refractivity contribution in [3.05, 3.63) is 35.4 Å². The molecule has 1 aliphatic rings. The van der Waals surface area contributed by atoms with Crippen LogP contribution in [0, 0.1) is 11.6 Å². The van der Waals surface area contributed by atoms with Crippen LogP contribution >= 0.6 is 0 Å². The molecule has 1 saturated heterocycles. The number of likely N-dealkylation sites (tertiary alicyclic amines) is 1. The number of rotatable bonds is 4. The summed E-state index contributed by atoms with van der Waals surface area (Å²) in [6.07, 6.45) is 0.579. The van der Waals surface area contributed by atoms with E-state index in [0.717, 1.165) is 32.0 Å². The van der Waals surface area contributed by atoms with Crippen LogP contribution < -0.4 is 0 Å². The van der Waals surface area contributed by atoms with E-state index < -0.39 is 17.7 Å². The summed E-state index contributed by atoms with van der Waals surface area (Å²) in [5.74, 6) is -1.90. The van der Waals surface area contributed by atoms with Crippen molar-refractivity contribution in [1.82, 2.24) is 4.90 Å². The van der Waals surface area contributed by atoms with Gasteiger partial charge in [-0.1, -0.05) is 12.1 Å². The summed E-state index contributed by atoms with van der Waals surface area (Å²) in [7, 11) is 0. The first-order valence-electron chi connectivity index (χ1n) is 6.60. The Balaban J connectivity index is 1.87. The van der Waals surface area contributed by atoms with Gasteiger partial charge in [-0.2, -0.15) is 0 Å². The zero-order valence-corrected chi connectivity index (χ0v) is 10.7. The van der Waals surface area contributed by atoms with Crippen LogP contribution in [0.3, 0.4) is 0 Å². The fourth-order valence-corrected chi connectivity index (χ4v) is 2.38. The van der Waals surface area contributed by atoms with Gasteiger partial charge >= 0.3 is 0 Å². The van der Waals surface area contributed by atoms with Crippen LogP contribution in [-0.4, -0.2) is 40.9 Å². The minimum absolute atomic E-state index is 0.0112. The lowest BCUT2D eigenvalue weighted by Gasteiger charge is -2.30. The Morgan fingerprint density at radius 2 is 1.95 bits per heavy atom. The summed E-state index contributed by atoms with van der Waals surface area (Å²) in [6.45, 7) is 2.17. The number of piperidine rings is 1. The Bertz CT molecular complexity index is 420. The van der Waals surface area contributed by atoms with Gasteiger partial charge < -0.3 is 15.1 Å². The maximum atomic E-state index is 13.5. The first kappa shape index (κ1) is 14.4. The van der Waals surface area contributed by atoms with E-state index in [1.165, 1.54) is 12.1 Å². The fraction of sp³-hybridized carbons (Fsp3) is 0.571. The topological polar surface area (TPSA) is 43.7 Å². The van der Waals surface area contributed by atoms with Gasteiger partial charge in [-0.25, -0.2) is 8.78 Å². The minimum atomic E-state index is -0.998. The maximum Gasteiger partial charge on any atom is 0.164 e. The molecule has 1 fully saturated rings. The predicted molar refractivity (Wildman–Crippen MR) is 67.6 cm³/mol. The van der Waals surface area contributed by atoms with Crippen LogP contribution in [0.15, 0.2) is 18.2 Å². The lowest BCUT2D eigenvalue weighted by atomic mass is 10.0. The van der Waals surface area contributed by atoms with E-state index in [4.69, 9.17) is 0 Å². The van der Waals surface area contributed by atoms with Gasteiger partial charge in [-0.3, -0.25) is 0 Å². The summed E-state index contributed by atoms with van der Waals surface area (Å²) in [4.78, 5) is 2.12. The zero-order chi connectivity index (χ0) is 13.8. The van der Waals surface area contributed by atoms with Crippen molar-refractivity contribution >= 4 is 0 Å². The van der Waals surface area contributed by atoms with Gasteiger partial charge in [0.2, 0.25) is 0 Å². The number of nitrogens with zero attached hydrogens (tertiary/aromatic N) is 1. The molecule has 1 unspecified atom stereocenters. The molecule has 19 heavy (non-hydrogen) atoms. The van der Waals surface area contributed by atoms with E-state index in [0.29, 0.717) is 13.0 Å². The molecule has 1 aromatic carbocycles. The van der Waals surface area contributed by atoms with E-state index >= 15 is 0 Å². The normalized spacial score (nSPS) is 19.6. The first-order valence-corrected chi connectivity index (χ1v) is 6.60. The second kappa shape index (κ2) is 6.41. The van der Waals surface area contributed by atoms with Gasteiger partial charge in [-0.15, -0.1) is 0 Å². The van der Waals surface area contributed by atoms with Crippen molar-refractivity contribution in [2.45, 2.75) is 31.5 Å². The van der Waals surface area contributed by atoms with Crippen LogP contribution in [0.2, 0.25) is 0 Å². The maximum absolute atomic E-state index is 13.5. The average Bonchev–Trinajstić information content (AvgIpc) is 2.41. The molecule has 2 N–H and O–H groups in total. The third-order valence-corrected chi connectivity index (χ3v) is 3.62. The van der Waals surface area contributed by atoms with Gasteiger partial charge in [0.1, 0.15) is 0 Å². The molecule has 0 aromatic heterocycles. The highest BCUT2D eigenvalue weighted by Gasteiger charge is 2.20. The largest absolute Gasteiger partial charge is 0.393 e. The molecular weight excluding hydrogens is 252 g/mol. The van der Waals surface area contributed by atoms with E-state index in [9.17, 15) is 19.0 Å². The predicted octanol–water partition coefficient (Wildman–Crippen LogP) is 1.85. The molecule has 0 bridgehead atoms. The molecule has 1 aromatic rings. The number of benzene rings is 1. The highest BCUT2D eigenvalue weighted by Crippen LogP contribution is 2.22. The summed E-state index contributed by atoms with van der Waals surface area (Å²) in [6, 6.07) is 3.84. The Hall–Kier alpha value is -1.04. The number of aliphatic hydroxyl groups excluding tert-OH is 2. The summed E-state index contributed by atoms with van der Waals surface area (Å²) < 4.78 is 26.5. The summed E-state index contributed by atoms with van der Waals surface area (Å²) >= 11 is 0. The van der Waals surface area contributed by atoms with Crippen molar-refractivity contribution in [3.63, 3.8) is 0 Å². The number of hydrogen-bond acceptors (Lipinski definition) is 3. The Labute approximate surface area is 111 Å². The second-order valence-corrected chi connectivity index (χ2v) is 5.02. The minimum Gasteiger partial charge on any atom is -0.393 e. The van der Waals surface area contributed by atoms with Crippen molar-refractivity contribution in [2.24, 2.45) is 0 Å². The summed E-state index contributed by atoms with van der Waals surface area (Å²) in [5.41, 5.74) is 0.0112. The van der Waals surface area contributed by atoms with Crippen LogP contribution in [0.25, 0.3) is 0 Å². The lowest BCUT2D eigenvalue weighted by Crippen LogP contribution is -2.36. The van der Waals surface area contributed by atoms with Crippen LogP contribution in [-0.2, 0) is 0 Å². The van der Waals surface area contributed by atoms with Crippen LogP contribution in [0.5, 0.6) is 0 Å². The second-order valence-electron chi connectivity index (χ2n) is 5.02. The standard InChI is InChI=1S/C14H19F2NO2/c15-12-3-1-2-11(14(12)16)13(19)6-9-17-7-4-10(18)5-8-17/h1-3,10,13,18-19H,4-9H2. The van der Waals surface area contributed by atoms with Crippen molar-refractivity contribution in [3.8, 4) is 0 Å². The lowest BCUT2D eigenvalue weighted by molar-refractivity contribution is 0.0705. The van der Waals surface area contributed by atoms with Gasteiger partial charge in [-0.05, 0) is 25.3 Å². The molecule has 0 saturated carbocycles. The number of halogens is 2. The van der Waals surface area contributed by atoms with Gasteiger partial charge in [0, 0.05) is 25.2 Å². The van der Waals surface area contributed by atoms with Gasteiger partial charge in [0.15, 0.2) is 11.6 Å². The molecule has 1 heterocycles. The quantitative estimate of drug-likeness (QED) is 0.878. The Morgan fingerprint density at radius 1 is 1.26 bits per heavy atom. The summed E-state index contributed by atoms with van der Waals surface area (Å²) in [5, 5.41) is 19.3. The Kier molecular flexibility index (Phi) is 4.85. The van der Waals surface area contributed by atoms with E-state index in [1.807, 2.05) is 0 Å². The van der Waals surface area contributed by atoms with Gasteiger partial charge in [0.25, 0.3) is 0 Å². The van der Waals surface area contributed by atoms with Crippen LogP contribution in [0.4, 0.5) is 8.78 Å². The van der Waals surface area contributed by atoms with Crippen molar-refractivity contribution < 1.29 is 19.0 Å². The third kappa shape index (κ3) is 3.72. The van der Waals surface area contributed by atoms with Gasteiger partial charge in [0.05, 0.1) is 12.2 Å². The molecule has 3 nitrogen and oxygen atoms in total. The average molecular weight is 271 g/mol. The fourth-order valence-electron chi connectivity index (χ4n) is 2.38. The van der Waals surface area contributed by atoms with E-state index in [-0.39, 0.29) is 11.7 Å². The monoisotopic (exact) mass is 271 g/mol. The van der Waals surface area contributed by atoms with Crippen molar-refractivity contribution in [1.29, 1.82) is 0 Å². The molecular formula is C14H19F2NO2. The van der Waals surface area contributed by atoms with Crippen LogP contribution in [0.1, 0.15) is 30.9 Å². The smallest absolute Gasteiger partial charge is 0.164 e. The zero-order valence-electron chi connectivity index (χ0n) is 10.7. The molecule has 1 aliphatic heterocycles. The third-order valence-electron chi connectivity index (χ3n) is 3.62. The molecule has 2 rings (SSSR count). The molecule has 0 radical (unpaired) electrons. The first-order chi connectivity index (χ1) is 9.08. The molecule has 0 amide bonds. The molecule has 1 atom stereocenters. The Morgan fingerprint density at radius 3 is 2.63 bits per heavy atom. The number of hydrogen-bond donors (Lipinski definition) is 2. The highest BCUT2D eigenvalue weighted by atomic mass is 19.2. The van der Waals surface area contributed by atoms with Crippen molar-refractivity contribution in [2.75, 3.05) is 19.6 Å². The van der Waals surface area contributed by atoms with E-state index in [2.05, 4.69) is 4.90 Å².